The Morgan fingerprint density at radius 1 is 1.26 bits per heavy atom. The Morgan fingerprint density at radius 2 is 1.91 bits per heavy atom. The van der Waals surface area contributed by atoms with E-state index < -0.39 is 30.2 Å². The predicted molar refractivity (Wildman–Crippen MR) is 76.2 cm³/mol. The maximum Gasteiger partial charge on any atom is 0.416 e. The summed E-state index contributed by atoms with van der Waals surface area (Å²) in [7, 11) is 0. The monoisotopic (exact) mass is 345 g/mol. The van der Waals surface area contributed by atoms with E-state index >= 15 is 0 Å². The summed E-state index contributed by atoms with van der Waals surface area (Å²) in [5.74, 6) is -1.18. The largest absolute Gasteiger partial charge is 0.484 e. The number of ether oxygens (including phenoxy) is 1. The van der Waals surface area contributed by atoms with Crippen LogP contribution in [0, 0.1) is 0 Å². The van der Waals surface area contributed by atoms with Crippen molar-refractivity contribution in [2.75, 3.05) is 11.9 Å². The molecule has 0 spiro atoms. The molecule has 0 radical (unpaired) electrons. The lowest BCUT2D eigenvalue weighted by atomic mass is 10.2. The van der Waals surface area contributed by atoms with E-state index in [0.717, 1.165) is 35.6 Å². The number of hydrogen-bond acceptors (Lipinski definition) is 5. The first-order valence-electron chi connectivity index (χ1n) is 6.11. The van der Waals surface area contributed by atoms with Gasteiger partial charge in [-0.05, 0) is 24.3 Å². The molecule has 0 unspecified atom stereocenters. The third-order valence-corrected chi connectivity index (χ3v) is 3.31. The fourth-order valence-corrected chi connectivity index (χ4v) is 2.20. The number of halogens is 3. The van der Waals surface area contributed by atoms with Crippen LogP contribution in [-0.2, 0) is 11.0 Å². The Bertz CT molecular complexity index is 713. The molecule has 1 aromatic heterocycles. The Labute approximate surface area is 132 Å². The summed E-state index contributed by atoms with van der Waals surface area (Å²) in [6.07, 6.45) is -4.43. The van der Waals surface area contributed by atoms with E-state index in [9.17, 15) is 22.8 Å². The lowest BCUT2D eigenvalue weighted by molar-refractivity contribution is -0.137. The van der Waals surface area contributed by atoms with Gasteiger partial charge in [0.1, 0.15) is 11.4 Å². The summed E-state index contributed by atoms with van der Waals surface area (Å²) in [6, 6.07) is 3.94. The number of nitrogens with one attached hydrogen (secondary N) is 1. The molecule has 0 atom stereocenters. The molecule has 3 N–H and O–H groups in total. The molecule has 0 aliphatic rings. The lowest BCUT2D eigenvalue weighted by Crippen LogP contribution is -2.20. The number of alkyl halides is 3. The maximum atomic E-state index is 12.4. The van der Waals surface area contributed by atoms with Crippen molar-refractivity contribution in [3.63, 3.8) is 0 Å². The zero-order valence-corrected chi connectivity index (χ0v) is 12.2. The normalized spacial score (nSPS) is 11.1. The summed E-state index contributed by atoms with van der Waals surface area (Å²) in [4.78, 5) is 26.3. The van der Waals surface area contributed by atoms with Crippen molar-refractivity contribution in [2.24, 2.45) is 5.73 Å². The Morgan fingerprint density at radius 3 is 2.43 bits per heavy atom. The summed E-state index contributed by atoms with van der Waals surface area (Å²) in [6.45, 7) is -0.420. The first-order valence-corrected chi connectivity index (χ1v) is 6.99. The highest BCUT2D eigenvalue weighted by molar-refractivity contribution is 7.14. The van der Waals surface area contributed by atoms with Crippen LogP contribution in [0.1, 0.15) is 16.1 Å². The molecule has 2 amide bonds. The van der Waals surface area contributed by atoms with E-state index in [1.54, 1.807) is 0 Å². The van der Waals surface area contributed by atoms with Gasteiger partial charge in [0.2, 0.25) is 0 Å². The van der Waals surface area contributed by atoms with Crippen LogP contribution >= 0.6 is 11.3 Å². The van der Waals surface area contributed by atoms with Crippen LogP contribution < -0.4 is 15.8 Å². The summed E-state index contributed by atoms with van der Waals surface area (Å²) in [5, 5.41) is 3.93. The van der Waals surface area contributed by atoms with Gasteiger partial charge >= 0.3 is 6.18 Å². The predicted octanol–water partition coefficient (Wildman–Crippen LogP) is 2.28. The number of anilines is 1. The van der Waals surface area contributed by atoms with Gasteiger partial charge in [-0.1, -0.05) is 0 Å². The SMILES string of the molecule is NC(=O)c1csc(NC(=O)COc2ccc(C(F)(F)F)cc2)n1. The number of carbonyl (C=O) groups excluding carboxylic acids is 2. The number of aromatic nitrogens is 1. The van der Waals surface area contributed by atoms with E-state index in [4.69, 9.17) is 10.5 Å². The standard InChI is InChI=1S/C13H10F3N3O3S/c14-13(15,16)7-1-3-8(4-2-7)22-5-10(20)19-12-18-9(6-23-12)11(17)21/h1-4,6H,5H2,(H2,17,21)(H,18,19,20). The van der Waals surface area contributed by atoms with Gasteiger partial charge < -0.3 is 10.5 Å². The van der Waals surface area contributed by atoms with Crippen molar-refractivity contribution < 1.29 is 27.5 Å². The van der Waals surface area contributed by atoms with Gasteiger partial charge in [-0.2, -0.15) is 13.2 Å². The fraction of sp³-hybridized carbons (Fsp3) is 0.154. The van der Waals surface area contributed by atoms with Crippen molar-refractivity contribution >= 4 is 28.3 Å². The molecule has 0 saturated heterocycles. The van der Waals surface area contributed by atoms with Gasteiger partial charge in [-0.3, -0.25) is 14.9 Å². The number of benzene rings is 1. The minimum atomic E-state index is -4.43. The van der Waals surface area contributed by atoms with Crippen LogP contribution in [0.5, 0.6) is 5.75 Å². The van der Waals surface area contributed by atoms with Gasteiger partial charge in [0.05, 0.1) is 5.56 Å². The topological polar surface area (TPSA) is 94.3 Å². The molecule has 6 nitrogen and oxygen atoms in total. The van der Waals surface area contributed by atoms with E-state index in [1.807, 2.05) is 0 Å². The highest BCUT2D eigenvalue weighted by atomic mass is 32.1. The van der Waals surface area contributed by atoms with Gasteiger partial charge in [-0.25, -0.2) is 4.98 Å². The molecule has 23 heavy (non-hydrogen) atoms. The average molecular weight is 345 g/mol. The van der Waals surface area contributed by atoms with Gasteiger partial charge in [-0.15, -0.1) is 11.3 Å². The van der Waals surface area contributed by atoms with Crippen molar-refractivity contribution in [1.82, 2.24) is 4.98 Å². The summed E-state index contributed by atoms with van der Waals surface area (Å²) < 4.78 is 42.2. The molecule has 0 aliphatic heterocycles. The van der Waals surface area contributed by atoms with Crippen LogP contribution in [-0.4, -0.2) is 23.4 Å². The molecule has 0 aliphatic carbocycles. The Hall–Kier alpha value is -2.62. The van der Waals surface area contributed by atoms with Gasteiger partial charge in [0.25, 0.3) is 11.8 Å². The zero-order chi connectivity index (χ0) is 17.0. The Balaban J connectivity index is 1.87. The quantitative estimate of drug-likeness (QED) is 0.869. The van der Waals surface area contributed by atoms with E-state index in [2.05, 4.69) is 10.3 Å². The number of nitrogens with zero attached hydrogens (tertiary/aromatic N) is 1. The second-order valence-electron chi connectivity index (χ2n) is 4.26. The van der Waals surface area contributed by atoms with Crippen molar-refractivity contribution in [1.29, 1.82) is 0 Å². The molecule has 2 rings (SSSR count). The van der Waals surface area contributed by atoms with Crippen LogP contribution in [0.3, 0.4) is 0 Å². The minimum Gasteiger partial charge on any atom is -0.484 e. The molecule has 0 fully saturated rings. The van der Waals surface area contributed by atoms with Crippen LogP contribution in [0.25, 0.3) is 0 Å². The number of rotatable bonds is 5. The van der Waals surface area contributed by atoms with Crippen molar-refractivity contribution in [3.8, 4) is 5.75 Å². The van der Waals surface area contributed by atoms with E-state index in [-0.39, 0.29) is 16.6 Å². The fourth-order valence-electron chi connectivity index (χ4n) is 1.49. The number of hydrogen-bond donors (Lipinski definition) is 2. The summed E-state index contributed by atoms with van der Waals surface area (Å²) in [5.41, 5.74) is 4.24. The Kier molecular flexibility index (Phi) is 4.84. The lowest BCUT2D eigenvalue weighted by Gasteiger charge is -2.08. The first-order chi connectivity index (χ1) is 10.8. The third kappa shape index (κ3) is 4.68. The minimum absolute atomic E-state index is 0.0222. The zero-order valence-electron chi connectivity index (χ0n) is 11.4. The van der Waals surface area contributed by atoms with E-state index in [1.165, 1.54) is 5.38 Å². The molecule has 0 saturated carbocycles. The highest BCUT2D eigenvalue weighted by Gasteiger charge is 2.30. The molecule has 122 valence electrons. The second-order valence-corrected chi connectivity index (χ2v) is 5.12. The molecular weight excluding hydrogens is 335 g/mol. The number of carbonyl (C=O) groups is 2. The molecule has 10 heteroatoms. The average Bonchev–Trinajstić information content (AvgIpc) is 2.93. The molecule has 2 aromatic rings. The number of nitrogens with two attached hydrogens (primary N) is 1. The number of thiazole rings is 1. The van der Waals surface area contributed by atoms with Crippen LogP contribution in [0.15, 0.2) is 29.6 Å². The highest BCUT2D eigenvalue weighted by Crippen LogP contribution is 2.30. The molecule has 1 heterocycles. The van der Waals surface area contributed by atoms with Gasteiger partial charge in [0, 0.05) is 5.38 Å². The number of primary amides is 1. The molecule has 0 bridgehead atoms. The van der Waals surface area contributed by atoms with E-state index in [0.29, 0.717) is 0 Å². The van der Waals surface area contributed by atoms with Crippen LogP contribution in [0.4, 0.5) is 18.3 Å². The maximum absolute atomic E-state index is 12.4. The van der Waals surface area contributed by atoms with Gasteiger partial charge in [0.15, 0.2) is 11.7 Å². The van der Waals surface area contributed by atoms with Crippen molar-refractivity contribution in [3.05, 3.63) is 40.9 Å². The number of amides is 2. The smallest absolute Gasteiger partial charge is 0.416 e. The first kappa shape index (κ1) is 16.7. The van der Waals surface area contributed by atoms with Crippen molar-refractivity contribution in [2.45, 2.75) is 6.18 Å². The van der Waals surface area contributed by atoms with Crippen LogP contribution in [0.2, 0.25) is 0 Å². The molecule has 1 aromatic carbocycles. The second kappa shape index (κ2) is 6.65. The summed E-state index contributed by atoms with van der Waals surface area (Å²) >= 11 is 1.01. The molecular formula is C13H10F3N3O3S. The third-order valence-electron chi connectivity index (χ3n) is 2.55.